The molecule has 2 heterocycles. The summed E-state index contributed by atoms with van der Waals surface area (Å²) >= 11 is 0. The Morgan fingerprint density at radius 2 is 2.33 bits per heavy atom. The van der Waals surface area contributed by atoms with Crippen molar-refractivity contribution in [2.75, 3.05) is 18.6 Å². The molecule has 2 rings (SSSR count). The average Bonchev–Trinajstić information content (AvgIpc) is 2.46. The lowest BCUT2D eigenvalue weighted by atomic mass is 10.0. The maximum atomic E-state index is 12.2. The topological polar surface area (TPSA) is 104 Å². The van der Waals surface area contributed by atoms with Crippen molar-refractivity contribution < 1.29 is 9.90 Å². The van der Waals surface area contributed by atoms with Gasteiger partial charge in [0.05, 0.1) is 12.6 Å². The van der Waals surface area contributed by atoms with E-state index in [-0.39, 0.29) is 24.2 Å². The lowest BCUT2D eigenvalue weighted by Gasteiger charge is -2.34. The number of hydrogen-bond acceptors (Lipinski definition) is 6. The van der Waals surface area contributed by atoms with Crippen molar-refractivity contribution in [2.24, 2.45) is 5.84 Å². The van der Waals surface area contributed by atoms with E-state index in [1.165, 1.54) is 0 Å². The van der Waals surface area contributed by atoms with E-state index >= 15 is 0 Å². The third kappa shape index (κ3) is 2.57. The number of hydrazine groups is 1. The Morgan fingerprint density at radius 3 is 2.94 bits per heavy atom. The number of aromatic nitrogens is 2. The number of aliphatic hydroxyl groups is 1. The van der Waals surface area contributed by atoms with Gasteiger partial charge < -0.3 is 15.4 Å². The predicted molar refractivity (Wildman–Crippen MR) is 65.6 cm³/mol. The molecule has 7 heteroatoms. The van der Waals surface area contributed by atoms with Crippen LogP contribution in [0.25, 0.3) is 0 Å². The predicted octanol–water partition coefficient (Wildman–Crippen LogP) is -0.251. The first-order chi connectivity index (χ1) is 8.76. The number of nitrogens with two attached hydrogens (primary N) is 1. The number of nitrogens with zero attached hydrogens (tertiary/aromatic N) is 3. The van der Waals surface area contributed by atoms with Crippen molar-refractivity contribution in [2.45, 2.75) is 25.3 Å². The van der Waals surface area contributed by atoms with Crippen LogP contribution in [0.1, 0.15) is 29.8 Å². The molecule has 1 fully saturated rings. The van der Waals surface area contributed by atoms with Gasteiger partial charge >= 0.3 is 0 Å². The Balaban J connectivity index is 2.13. The highest BCUT2D eigenvalue weighted by molar-refractivity contribution is 5.92. The molecule has 0 aromatic carbocycles. The number of anilines is 1. The summed E-state index contributed by atoms with van der Waals surface area (Å²) in [5.74, 6) is 5.40. The van der Waals surface area contributed by atoms with Gasteiger partial charge in [0.2, 0.25) is 0 Å². The Labute approximate surface area is 105 Å². The molecular weight excluding hydrogens is 234 g/mol. The van der Waals surface area contributed by atoms with Gasteiger partial charge in [-0.1, -0.05) is 0 Å². The number of carbonyl (C=O) groups is 1. The molecule has 0 aliphatic carbocycles. The Kier molecular flexibility index (Phi) is 4.06. The van der Waals surface area contributed by atoms with Gasteiger partial charge in [0.15, 0.2) is 11.5 Å². The highest BCUT2D eigenvalue weighted by Gasteiger charge is 2.27. The van der Waals surface area contributed by atoms with E-state index in [4.69, 9.17) is 5.84 Å². The molecule has 18 heavy (non-hydrogen) atoms. The smallest absolute Gasteiger partial charge is 0.274 e. The first kappa shape index (κ1) is 12.7. The van der Waals surface area contributed by atoms with E-state index in [9.17, 15) is 9.90 Å². The third-order valence-electron chi connectivity index (χ3n) is 3.13. The van der Waals surface area contributed by atoms with Crippen molar-refractivity contribution in [1.82, 2.24) is 15.1 Å². The molecule has 1 unspecified atom stereocenters. The molecule has 0 radical (unpaired) electrons. The molecule has 98 valence electrons. The summed E-state index contributed by atoms with van der Waals surface area (Å²) in [6.45, 7) is 0.643. The first-order valence-corrected chi connectivity index (χ1v) is 5.98. The molecule has 1 aliphatic heterocycles. The number of amides is 1. The second-order valence-electron chi connectivity index (χ2n) is 4.28. The zero-order chi connectivity index (χ0) is 13.0. The van der Waals surface area contributed by atoms with Crippen LogP contribution in [0.3, 0.4) is 0 Å². The number of rotatable bonds is 3. The minimum Gasteiger partial charge on any atom is -0.394 e. The van der Waals surface area contributed by atoms with Crippen LogP contribution in [-0.2, 0) is 0 Å². The summed E-state index contributed by atoms with van der Waals surface area (Å²) in [7, 11) is 0. The van der Waals surface area contributed by atoms with Gasteiger partial charge in [-0.3, -0.25) is 4.79 Å². The van der Waals surface area contributed by atoms with E-state index in [0.29, 0.717) is 12.4 Å². The van der Waals surface area contributed by atoms with Gasteiger partial charge in [0.1, 0.15) is 0 Å². The van der Waals surface area contributed by atoms with Gasteiger partial charge in [0, 0.05) is 6.54 Å². The standard InChI is InChI=1S/C11H17N5O2/c12-13-10-5-4-9(14-15-10)11(18)16-6-2-1-3-8(16)7-17/h4-5,8,17H,1-3,6-7,12H2,(H,13,15). The van der Waals surface area contributed by atoms with E-state index in [0.717, 1.165) is 19.3 Å². The minimum absolute atomic E-state index is 0.0123. The van der Waals surface area contributed by atoms with E-state index < -0.39 is 0 Å². The Hall–Kier alpha value is -1.73. The maximum Gasteiger partial charge on any atom is 0.274 e. The molecule has 1 saturated heterocycles. The molecule has 1 aromatic rings. The van der Waals surface area contributed by atoms with Gasteiger partial charge in [-0.05, 0) is 31.4 Å². The van der Waals surface area contributed by atoms with Crippen molar-refractivity contribution in [1.29, 1.82) is 0 Å². The molecule has 0 bridgehead atoms. The SMILES string of the molecule is NNc1ccc(C(=O)N2CCCCC2CO)nn1. The number of nitrogen functional groups attached to an aromatic ring is 1. The zero-order valence-corrected chi connectivity index (χ0v) is 10.0. The molecule has 1 aliphatic rings. The fourth-order valence-corrected chi connectivity index (χ4v) is 2.13. The normalized spacial score (nSPS) is 19.7. The monoisotopic (exact) mass is 251 g/mol. The van der Waals surface area contributed by atoms with Crippen molar-refractivity contribution in [3.05, 3.63) is 17.8 Å². The Bertz CT molecular complexity index is 408. The number of nitrogens with one attached hydrogen (secondary N) is 1. The van der Waals surface area contributed by atoms with Crippen LogP contribution >= 0.6 is 0 Å². The number of carbonyl (C=O) groups excluding carboxylic acids is 1. The van der Waals surface area contributed by atoms with Crippen LogP contribution in [0.4, 0.5) is 5.82 Å². The largest absolute Gasteiger partial charge is 0.394 e. The third-order valence-corrected chi connectivity index (χ3v) is 3.13. The van der Waals surface area contributed by atoms with Crippen molar-refractivity contribution >= 4 is 11.7 Å². The second-order valence-corrected chi connectivity index (χ2v) is 4.28. The van der Waals surface area contributed by atoms with Crippen molar-refractivity contribution in [3.8, 4) is 0 Å². The molecular formula is C11H17N5O2. The van der Waals surface area contributed by atoms with Crippen LogP contribution in [0.2, 0.25) is 0 Å². The Morgan fingerprint density at radius 1 is 1.50 bits per heavy atom. The zero-order valence-electron chi connectivity index (χ0n) is 10.0. The molecule has 1 atom stereocenters. The summed E-state index contributed by atoms with van der Waals surface area (Å²) in [4.78, 5) is 13.9. The molecule has 7 nitrogen and oxygen atoms in total. The number of piperidine rings is 1. The highest BCUT2D eigenvalue weighted by atomic mass is 16.3. The van der Waals surface area contributed by atoms with Crippen LogP contribution in [-0.4, -0.2) is 45.3 Å². The van der Waals surface area contributed by atoms with Gasteiger partial charge in [-0.15, -0.1) is 10.2 Å². The van der Waals surface area contributed by atoms with Crippen LogP contribution < -0.4 is 11.3 Å². The molecule has 0 saturated carbocycles. The fourth-order valence-electron chi connectivity index (χ4n) is 2.13. The lowest BCUT2D eigenvalue weighted by Crippen LogP contribution is -2.45. The fraction of sp³-hybridized carbons (Fsp3) is 0.545. The summed E-state index contributed by atoms with van der Waals surface area (Å²) in [6, 6.07) is 3.06. The number of hydrogen-bond donors (Lipinski definition) is 3. The van der Waals surface area contributed by atoms with Crippen molar-refractivity contribution in [3.63, 3.8) is 0 Å². The summed E-state index contributed by atoms with van der Waals surface area (Å²) < 4.78 is 0. The van der Waals surface area contributed by atoms with Gasteiger partial charge in [0.25, 0.3) is 5.91 Å². The second kappa shape index (κ2) is 5.74. The van der Waals surface area contributed by atoms with Crippen LogP contribution in [0, 0.1) is 0 Å². The molecule has 0 spiro atoms. The van der Waals surface area contributed by atoms with Crippen LogP contribution in [0.5, 0.6) is 0 Å². The maximum absolute atomic E-state index is 12.2. The average molecular weight is 251 g/mol. The summed E-state index contributed by atoms with van der Waals surface area (Å²) in [5.41, 5.74) is 2.63. The highest BCUT2D eigenvalue weighted by Crippen LogP contribution is 2.18. The van der Waals surface area contributed by atoms with E-state index in [1.54, 1.807) is 17.0 Å². The number of likely N-dealkylation sites (tertiary alicyclic amines) is 1. The lowest BCUT2D eigenvalue weighted by molar-refractivity contribution is 0.0496. The molecule has 1 amide bonds. The first-order valence-electron chi connectivity index (χ1n) is 5.98. The quantitative estimate of drug-likeness (QED) is 0.505. The van der Waals surface area contributed by atoms with Gasteiger partial charge in [-0.2, -0.15) is 0 Å². The molecule has 1 aromatic heterocycles. The molecule has 4 N–H and O–H groups in total. The summed E-state index contributed by atoms with van der Waals surface area (Å²) in [6.07, 6.45) is 2.83. The van der Waals surface area contributed by atoms with Gasteiger partial charge in [-0.25, -0.2) is 5.84 Å². The van der Waals surface area contributed by atoms with E-state index in [2.05, 4.69) is 15.6 Å². The van der Waals surface area contributed by atoms with E-state index in [1.807, 2.05) is 0 Å². The minimum atomic E-state index is -0.190. The number of aliphatic hydroxyl groups excluding tert-OH is 1. The summed E-state index contributed by atoms with van der Waals surface area (Å²) in [5, 5.41) is 16.9. The van der Waals surface area contributed by atoms with Crippen LogP contribution in [0.15, 0.2) is 12.1 Å².